The largest absolute Gasteiger partial charge is 0.307 e. The number of hydrogen-bond acceptors (Lipinski definition) is 1. The lowest BCUT2D eigenvalue weighted by Gasteiger charge is -2.05. The first-order chi connectivity index (χ1) is 7.61. The first-order valence-electron chi connectivity index (χ1n) is 4.66. The fourth-order valence-electron chi connectivity index (χ4n) is 1.46. The van der Waals surface area contributed by atoms with Gasteiger partial charge in [-0.05, 0) is 46.6 Å². The summed E-state index contributed by atoms with van der Waals surface area (Å²) >= 11 is 3.29. The monoisotopic (exact) mass is 278 g/mol. The first-order valence-corrected chi connectivity index (χ1v) is 5.45. The second-order valence-corrected chi connectivity index (χ2v) is 4.37. The van der Waals surface area contributed by atoms with Crippen LogP contribution < -0.4 is 0 Å². The van der Waals surface area contributed by atoms with Crippen LogP contribution in [0.4, 0.5) is 4.39 Å². The maximum Gasteiger partial charge on any atom is 0.128 e. The molecule has 4 heteroatoms. The van der Waals surface area contributed by atoms with Gasteiger partial charge >= 0.3 is 0 Å². The molecule has 0 aliphatic carbocycles. The number of nitriles is 1. The van der Waals surface area contributed by atoms with E-state index in [1.54, 1.807) is 35.9 Å². The Morgan fingerprint density at radius 3 is 2.75 bits per heavy atom. The molecular weight excluding hydrogens is 271 g/mol. The lowest BCUT2D eigenvalue weighted by atomic mass is 10.2. The van der Waals surface area contributed by atoms with Crippen molar-refractivity contribution in [1.82, 2.24) is 4.57 Å². The molecule has 1 aromatic heterocycles. The molecule has 0 N–H and O–H groups in total. The summed E-state index contributed by atoms with van der Waals surface area (Å²) in [5.74, 6) is -0.272. The number of nitrogens with zero attached hydrogens (tertiary/aromatic N) is 2. The minimum atomic E-state index is -0.272. The molecule has 0 aliphatic heterocycles. The van der Waals surface area contributed by atoms with Crippen molar-refractivity contribution in [2.45, 2.75) is 6.92 Å². The van der Waals surface area contributed by atoms with Crippen LogP contribution in [0.2, 0.25) is 0 Å². The summed E-state index contributed by atoms with van der Waals surface area (Å²) in [6.45, 7) is 1.70. The van der Waals surface area contributed by atoms with E-state index in [1.807, 2.05) is 0 Å². The molecule has 2 rings (SSSR count). The van der Waals surface area contributed by atoms with Gasteiger partial charge in [-0.1, -0.05) is 6.07 Å². The van der Waals surface area contributed by atoms with Crippen LogP contribution in [0.1, 0.15) is 11.3 Å². The van der Waals surface area contributed by atoms with Crippen LogP contribution in [0.25, 0.3) is 5.69 Å². The van der Waals surface area contributed by atoms with Crippen molar-refractivity contribution in [2.75, 3.05) is 0 Å². The van der Waals surface area contributed by atoms with E-state index >= 15 is 0 Å². The van der Waals surface area contributed by atoms with Gasteiger partial charge in [0.05, 0.1) is 0 Å². The predicted octanol–water partition coefficient (Wildman–Crippen LogP) is 3.56. The van der Waals surface area contributed by atoms with E-state index in [0.29, 0.717) is 16.9 Å². The fourth-order valence-corrected chi connectivity index (χ4v) is 1.88. The van der Waals surface area contributed by atoms with Crippen LogP contribution >= 0.6 is 15.9 Å². The van der Waals surface area contributed by atoms with Gasteiger partial charge in [0.15, 0.2) is 0 Å². The number of aromatic nitrogens is 1. The highest BCUT2D eigenvalue weighted by molar-refractivity contribution is 9.10. The third kappa shape index (κ3) is 1.86. The van der Waals surface area contributed by atoms with Gasteiger partial charge in [0.2, 0.25) is 0 Å². The van der Waals surface area contributed by atoms with Crippen LogP contribution in [0.15, 0.2) is 34.9 Å². The van der Waals surface area contributed by atoms with Crippen LogP contribution in [-0.4, -0.2) is 4.57 Å². The van der Waals surface area contributed by atoms with Gasteiger partial charge in [-0.15, -0.1) is 0 Å². The topological polar surface area (TPSA) is 28.7 Å². The Hall–Kier alpha value is -1.60. The molecule has 0 fully saturated rings. The SMILES string of the molecule is Cc1ccc(-n2cc(Br)cc2C#N)cc1F. The molecule has 0 spiro atoms. The van der Waals surface area contributed by atoms with Crippen molar-refractivity contribution in [3.8, 4) is 11.8 Å². The molecule has 2 aromatic rings. The molecular formula is C12H8BrFN2. The zero-order valence-electron chi connectivity index (χ0n) is 8.54. The number of benzene rings is 1. The van der Waals surface area contributed by atoms with Gasteiger partial charge in [0, 0.05) is 16.4 Å². The molecule has 0 radical (unpaired) electrons. The number of rotatable bonds is 1. The van der Waals surface area contributed by atoms with Crippen molar-refractivity contribution < 1.29 is 4.39 Å². The highest BCUT2D eigenvalue weighted by atomic mass is 79.9. The number of halogens is 2. The second-order valence-electron chi connectivity index (χ2n) is 3.46. The quantitative estimate of drug-likeness (QED) is 0.784. The summed E-state index contributed by atoms with van der Waals surface area (Å²) in [4.78, 5) is 0. The van der Waals surface area contributed by atoms with E-state index in [-0.39, 0.29) is 5.82 Å². The number of aryl methyl sites for hydroxylation is 1. The summed E-state index contributed by atoms with van der Waals surface area (Å²) in [6, 6.07) is 8.65. The van der Waals surface area contributed by atoms with E-state index in [9.17, 15) is 4.39 Å². The average molecular weight is 279 g/mol. The second kappa shape index (κ2) is 4.11. The van der Waals surface area contributed by atoms with Gasteiger partial charge in [0.25, 0.3) is 0 Å². The average Bonchev–Trinajstić information content (AvgIpc) is 2.63. The normalized spacial score (nSPS) is 10.1. The van der Waals surface area contributed by atoms with Crippen LogP contribution in [0.5, 0.6) is 0 Å². The number of hydrogen-bond donors (Lipinski definition) is 0. The van der Waals surface area contributed by atoms with E-state index < -0.39 is 0 Å². The Morgan fingerprint density at radius 2 is 2.12 bits per heavy atom. The molecule has 16 heavy (non-hydrogen) atoms. The first kappa shape index (κ1) is 10.9. The lowest BCUT2D eigenvalue weighted by Crippen LogP contribution is -1.96. The standard InChI is InChI=1S/C12H8BrFN2/c1-8-2-3-10(5-12(8)14)16-7-9(13)4-11(16)6-15/h2-5,7H,1H3. The molecule has 0 amide bonds. The molecule has 0 unspecified atom stereocenters. The molecule has 0 saturated heterocycles. The van der Waals surface area contributed by atoms with E-state index in [1.165, 1.54) is 6.07 Å². The maximum atomic E-state index is 13.4. The van der Waals surface area contributed by atoms with Gasteiger partial charge in [-0.2, -0.15) is 5.26 Å². The molecule has 2 nitrogen and oxygen atoms in total. The van der Waals surface area contributed by atoms with E-state index in [2.05, 4.69) is 22.0 Å². The molecule has 0 bridgehead atoms. The Balaban J connectivity index is 2.59. The Labute approximate surface area is 101 Å². The third-order valence-electron chi connectivity index (χ3n) is 2.33. The molecule has 1 aromatic carbocycles. The summed E-state index contributed by atoms with van der Waals surface area (Å²) in [5.41, 5.74) is 1.70. The Morgan fingerprint density at radius 1 is 1.38 bits per heavy atom. The van der Waals surface area contributed by atoms with Gasteiger partial charge < -0.3 is 4.57 Å². The maximum absolute atomic E-state index is 13.4. The zero-order chi connectivity index (χ0) is 11.7. The van der Waals surface area contributed by atoms with Crippen molar-refractivity contribution in [1.29, 1.82) is 5.26 Å². The highest BCUT2D eigenvalue weighted by Crippen LogP contribution is 2.20. The van der Waals surface area contributed by atoms with E-state index in [0.717, 1.165) is 4.47 Å². The predicted molar refractivity (Wildman–Crippen MR) is 62.9 cm³/mol. The van der Waals surface area contributed by atoms with Crippen LogP contribution in [-0.2, 0) is 0 Å². The third-order valence-corrected chi connectivity index (χ3v) is 2.77. The van der Waals surface area contributed by atoms with Crippen LogP contribution in [0.3, 0.4) is 0 Å². The molecule has 0 atom stereocenters. The van der Waals surface area contributed by atoms with Gasteiger partial charge in [-0.25, -0.2) is 4.39 Å². The minimum absolute atomic E-state index is 0.272. The summed E-state index contributed by atoms with van der Waals surface area (Å²) < 4.78 is 15.8. The lowest BCUT2D eigenvalue weighted by molar-refractivity contribution is 0.617. The Bertz CT molecular complexity index is 581. The molecule has 0 saturated carbocycles. The van der Waals surface area contributed by atoms with E-state index in [4.69, 9.17) is 5.26 Å². The zero-order valence-corrected chi connectivity index (χ0v) is 10.1. The molecule has 1 heterocycles. The van der Waals surface area contributed by atoms with Crippen molar-refractivity contribution >= 4 is 15.9 Å². The summed E-state index contributed by atoms with van der Waals surface area (Å²) in [6.07, 6.45) is 1.74. The smallest absolute Gasteiger partial charge is 0.128 e. The van der Waals surface area contributed by atoms with Crippen molar-refractivity contribution in [3.05, 3.63) is 52.0 Å². The summed E-state index contributed by atoms with van der Waals surface area (Å²) in [5, 5.41) is 8.93. The van der Waals surface area contributed by atoms with Gasteiger partial charge in [0.1, 0.15) is 17.6 Å². The van der Waals surface area contributed by atoms with Crippen molar-refractivity contribution in [3.63, 3.8) is 0 Å². The Kier molecular flexibility index (Phi) is 2.80. The molecule has 0 aliphatic rings. The highest BCUT2D eigenvalue weighted by Gasteiger charge is 2.07. The minimum Gasteiger partial charge on any atom is -0.307 e. The van der Waals surface area contributed by atoms with Crippen LogP contribution in [0, 0.1) is 24.1 Å². The van der Waals surface area contributed by atoms with Gasteiger partial charge in [-0.3, -0.25) is 0 Å². The fraction of sp³-hybridized carbons (Fsp3) is 0.0833. The summed E-state index contributed by atoms with van der Waals surface area (Å²) in [7, 11) is 0. The van der Waals surface area contributed by atoms with Crippen molar-refractivity contribution in [2.24, 2.45) is 0 Å². The molecule has 80 valence electrons.